The Balaban J connectivity index is 1.50. The minimum absolute atomic E-state index is 0.0225. The topological polar surface area (TPSA) is 96.5 Å². The van der Waals surface area contributed by atoms with Gasteiger partial charge in [-0.15, -0.1) is 0 Å². The first-order chi connectivity index (χ1) is 13.5. The maximum absolute atomic E-state index is 13.1. The van der Waals surface area contributed by atoms with Crippen LogP contribution in [-0.4, -0.2) is 59.8 Å². The minimum Gasteiger partial charge on any atom is -0.493 e. The van der Waals surface area contributed by atoms with E-state index in [2.05, 4.69) is 15.5 Å². The Morgan fingerprint density at radius 2 is 2.29 bits per heavy atom. The van der Waals surface area contributed by atoms with Crippen LogP contribution in [0, 0.1) is 5.82 Å². The molecular formula is C19H23FN4O4. The van der Waals surface area contributed by atoms with E-state index in [1.165, 1.54) is 19.1 Å². The Bertz CT molecular complexity index is 826. The van der Waals surface area contributed by atoms with Crippen molar-refractivity contribution in [2.24, 2.45) is 0 Å². The fourth-order valence-electron chi connectivity index (χ4n) is 2.87. The molecule has 1 aliphatic rings. The smallest absolute Gasteiger partial charge is 0.242 e. The number of carbonyl (C=O) groups excluding carboxylic acids is 2. The summed E-state index contributed by atoms with van der Waals surface area (Å²) in [4.78, 5) is 24.8. The SMILES string of the molecule is CC(=O)NCC(=O)N1CCOC(c2cc(CCOc3cccc(F)c3)[nH]n2)C1. The molecule has 28 heavy (non-hydrogen) atoms. The molecule has 2 N–H and O–H groups in total. The number of aromatic amines is 1. The van der Waals surface area contributed by atoms with Crippen molar-refractivity contribution in [2.75, 3.05) is 32.8 Å². The molecule has 0 spiro atoms. The van der Waals surface area contributed by atoms with Crippen molar-refractivity contribution in [3.8, 4) is 5.75 Å². The number of amides is 2. The fraction of sp³-hybridized carbons (Fsp3) is 0.421. The number of carbonyl (C=O) groups is 2. The molecule has 0 aliphatic carbocycles. The number of ether oxygens (including phenoxy) is 2. The third kappa shape index (κ3) is 5.53. The van der Waals surface area contributed by atoms with Crippen LogP contribution in [0.25, 0.3) is 0 Å². The molecule has 0 saturated carbocycles. The van der Waals surface area contributed by atoms with Crippen molar-refractivity contribution in [1.29, 1.82) is 0 Å². The number of H-pyrrole nitrogens is 1. The molecule has 2 heterocycles. The quantitative estimate of drug-likeness (QED) is 0.741. The van der Waals surface area contributed by atoms with Crippen LogP contribution in [0.1, 0.15) is 24.4 Å². The van der Waals surface area contributed by atoms with Gasteiger partial charge in [-0.2, -0.15) is 5.10 Å². The Kier molecular flexibility index (Phi) is 6.59. The second kappa shape index (κ2) is 9.32. The molecule has 2 aromatic rings. The van der Waals surface area contributed by atoms with Crippen molar-refractivity contribution in [2.45, 2.75) is 19.4 Å². The average molecular weight is 390 g/mol. The Morgan fingerprint density at radius 1 is 1.43 bits per heavy atom. The average Bonchev–Trinajstić information content (AvgIpc) is 3.15. The molecule has 0 radical (unpaired) electrons. The molecule has 1 aliphatic heterocycles. The maximum atomic E-state index is 13.1. The number of nitrogens with zero attached hydrogens (tertiary/aromatic N) is 2. The number of nitrogens with one attached hydrogen (secondary N) is 2. The van der Waals surface area contributed by atoms with E-state index in [0.29, 0.717) is 44.2 Å². The number of morpholine rings is 1. The minimum atomic E-state index is -0.339. The van der Waals surface area contributed by atoms with Crippen LogP contribution in [0.5, 0.6) is 5.75 Å². The molecule has 8 nitrogen and oxygen atoms in total. The number of benzene rings is 1. The predicted octanol–water partition coefficient (Wildman–Crippen LogP) is 1.21. The van der Waals surface area contributed by atoms with E-state index in [4.69, 9.17) is 9.47 Å². The van der Waals surface area contributed by atoms with E-state index in [9.17, 15) is 14.0 Å². The fourth-order valence-corrected chi connectivity index (χ4v) is 2.87. The molecule has 1 unspecified atom stereocenters. The molecule has 1 fully saturated rings. The second-order valence-corrected chi connectivity index (χ2v) is 6.48. The van der Waals surface area contributed by atoms with E-state index < -0.39 is 0 Å². The van der Waals surface area contributed by atoms with Gasteiger partial charge in [-0.3, -0.25) is 14.7 Å². The molecule has 3 rings (SSSR count). The first-order valence-electron chi connectivity index (χ1n) is 9.07. The molecule has 0 bridgehead atoms. The van der Waals surface area contributed by atoms with Gasteiger partial charge in [0.25, 0.3) is 0 Å². The van der Waals surface area contributed by atoms with Gasteiger partial charge in [-0.1, -0.05) is 6.07 Å². The highest BCUT2D eigenvalue weighted by Gasteiger charge is 2.27. The molecule has 1 aromatic carbocycles. The monoisotopic (exact) mass is 390 g/mol. The molecule has 150 valence electrons. The van der Waals surface area contributed by atoms with E-state index in [-0.39, 0.29) is 30.3 Å². The van der Waals surface area contributed by atoms with Crippen LogP contribution in [-0.2, 0) is 20.7 Å². The zero-order valence-corrected chi connectivity index (χ0v) is 15.6. The van der Waals surface area contributed by atoms with Gasteiger partial charge < -0.3 is 19.7 Å². The lowest BCUT2D eigenvalue weighted by Gasteiger charge is -2.32. The number of rotatable bonds is 7. The van der Waals surface area contributed by atoms with Gasteiger partial charge in [0.05, 0.1) is 32.0 Å². The van der Waals surface area contributed by atoms with Gasteiger partial charge in [-0.25, -0.2) is 4.39 Å². The van der Waals surface area contributed by atoms with E-state index in [1.54, 1.807) is 17.0 Å². The summed E-state index contributed by atoms with van der Waals surface area (Å²) in [5.74, 6) is -0.254. The maximum Gasteiger partial charge on any atom is 0.242 e. The molecule has 1 atom stereocenters. The highest BCUT2D eigenvalue weighted by atomic mass is 19.1. The van der Waals surface area contributed by atoms with Gasteiger partial charge in [0.2, 0.25) is 11.8 Å². The van der Waals surface area contributed by atoms with Crippen molar-refractivity contribution in [3.63, 3.8) is 0 Å². The van der Waals surface area contributed by atoms with Gasteiger partial charge in [0.15, 0.2) is 0 Å². The molecule has 9 heteroatoms. The Labute approximate surface area is 162 Å². The van der Waals surface area contributed by atoms with Crippen LogP contribution in [0.4, 0.5) is 4.39 Å². The van der Waals surface area contributed by atoms with Crippen LogP contribution < -0.4 is 10.1 Å². The van der Waals surface area contributed by atoms with Gasteiger partial charge >= 0.3 is 0 Å². The lowest BCUT2D eigenvalue weighted by molar-refractivity contribution is -0.139. The third-order valence-electron chi connectivity index (χ3n) is 4.32. The van der Waals surface area contributed by atoms with Crippen LogP contribution in [0.15, 0.2) is 30.3 Å². The van der Waals surface area contributed by atoms with Crippen molar-refractivity contribution >= 4 is 11.8 Å². The summed E-state index contributed by atoms with van der Waals surface area (Å²) >= 11 is 0. The molecule has 1 saturated heterocycles. The summed E-state index contributed by atoms with van der Waals surface area (Å²) in [6.07, 6.45) is 0.241. The zero-order valence-electron chi connectivity index (χ0n) is 15.6. The van der Waals surface area contributed by atoms with Crippen LogP contribution in [0.2, 0.25) is 0 Å². The first kappa shape index (κ1) is 19.8. The number of hydrogen-bond acceptors (Lipinski definition) is 5. The van der Waals surface area contributed by atoms with E-state index in [1.807, 2.05) is 6.07 Å². The molecule has 1 aromatic heterocycles. The van der Waals surface area contributed by atoms with Crippen LogP contribution in [0.3, 0.4) is 0 Å². The summed E-state index contributed by atoms with van der Waals surface area (Å²) in [5.41, 5.74) is 1.56. The molecule has 2 amide bonds. The second-order valence-electron chi connectivity index (χ2n) is 6.48. The normalized spacial score (nSPS) is 16.6. The van der Waals surface area contributed by atoms with E-state index >= 15 is 0 Å². The van der Waals surface area contributed by atoms with Gasteiger partial charge in [-0.05, 0) is 18.2 Å². The van der Waals surface area contributed by atoms with Crippen LogP contribution >= 0.6 is 0 Å². The lowest BCUT2D eigenvalue weighted by Crippen LogP contribution is -2.46. The highest BCUT2D eigenvalue weighted by Crippen LogP contribution is 2.21. The summed E-state index contributed by atoms with van der Waals surface area (Å²) < 4.78 is 24.4. The number of aromatic nitrogens is 2. The van der Waals surface area contributed by atoms with E-state index in [0.717, 1.165) is 5.69 Å². The van der Waals surface area contributed by atoms with Gasteiger partial charge in [0.1, 0.15) is 17.7 Å². The Morgan fingerprint density at radius 3 is 3.07 bits per heavy atom. The van der Waals surface area contributed by atoms with Crippen molar-refractivity contribution < 1.29 is 23.5 Å². The number of halogens is 1. The van der Waals surface area contributed by atoms with Crippen molar-refractivity contribution in [3.05, 3.63) is 47.5 Å². The van der Waals surface area contributed by atoms with Gasteiger partial charge in [0, 0.05) is 31.6 Å². The summed E-state index contributed by atoms with van der Waals surface area (Å²) in [5, 5.41) is 9.73. The Hall–Kier alpha value is -2.94. The lowest BCUT2D eigenvalue weighted by atomic mass is 10.2. The highest BCUT2D eigenvalue weighted by molar-refractivity contribution is 5.83. The third-order valence-corrected chi connectivity index (χ3v) is 4.32. The predicted molar refractivity (Wildman–Crippen MR) is 98.1 cm³/mol. The first-order valence-corrected chi connectivity index (χ1v) is 9.07. The van der Waals surface area contributed by atoms with Crippen molar-refractivity contribution in [1.82, 2.24) is 20.4 Å². The molecular weight excluding hydrogens is 367 g/mol. The summed E-state index contributed by atoms with van der Waals surface area (Å²) in [6, 6.07) is 7.87. The zero-order chi connectivity index (χ0) is 19.9. The number of hydrogen-bond donors (Lipinski definition) is 2. The summed E-state index contributed by atoms with van der Waals surface area (Å²) in [7, 11) is 0. The largest absolute Gasteiger partial charge is 0.493 e. The standard InChI is InChI=1S/C19H23FN4O4/c1-13(25)21-11-19(26)24-6-8-28-18(12-24)17-10-15(22-23-17)5-7-27-16-4-2-3-14(20)9-16/h2-4,9-10,18H,5-8,11-12H2,1H3,(H,21,25)(H,22,23). The summed E-state index contributed by atoms with van der Waals surface area (Å²) in [6.45, 7) is 2.99.